The molecule has 32 heavy (non-hydrogen) atoms. The highest BCUT2D eigenvalue weighted by Gasteiger charge is 2.55. The van der Waals surface area contributed by atoms with Crippen molar-refractivity contribution in [3.05, 3.63) is 63.9 Å². The van der Waals surface area contributed by atoms with E-state index >= 15 is 4.39 Å². The molecule has 0 saturated heterocycles. The second-order valence-corrected chi connectivity index (χ2v) is 9.74. The van der Waals surface area contributed by atoms with E-state index in [1.165, 1.54) is 12.1 Å². The summed E-state index contributed by atoms with van der Waals surface area (Å²) in [5.41, 5.74) is 2.05. The molecule has 0 unspecified atom stereocenters. The van der Waals surface area contributed by atoms with Crippen molar-refractivity contribution in [3.8, 4) is 11.5 Å². The average Bonchev–Trinajstić information content (AvgIpc) is 3.40. The van der Waals surface area contributed by atoms with E-state index in [4.69, 9.17) is 9.47 Å². The molecule has 5 nitrogen and oxygen atoms in total. The number of hydrogen-bond donors (Lipinski definition) is 2. The first kappa shape index (κ1) is 21.3. The Kier molecular flexibility index (Phi) is 5.40. The summed E-state index contributed by atoms with van der Waals surface area (Å²) in [7, 11) is 1.59. The molecular formula is C25H25BrFNO4. The van der Waals surface area contributed by atoms with Gasteiger partial charge in [0.2, 0.25) is 0 Å². The maximum absolute atomic E-state index is 15.1. The molecule has 3 aliphatic rings. The summed E-state index contributed by atoms with van der Waals surface area (Å²) in [4.78, 5) is 12.0. The van der Waals surface area contributed by atoms with Crippen molar-refractivity contribution in [2.75, 3.05) is 19.0 Å². The molecule has 1 aliphatic heterocycles. The summed E-state index contributed by atoms with van der Waals surface area (Å²) in [6.45, 7) is 4.04. The van der Waals surface area contributed by atoms with Crippen LogP contribution in [-0.2, 0) is 0 Å². The number of rotatable bonds is 6. The van der Waals surface area contributed by atoms with Crippen LogP contribution in [0, 0.1) is 23.6 Å². The van der Waals surface area contributed by atoms with Crippen LogP contribution < -0.4 is 14.8 Å². The molecule has 0 amide bonds. The zero-order valence-corrected chi connectivity index (χ0v) is 19.3. The number of halogens is 2. The first-order chi connectivity index (χ1) is 15.4. The smallest absolute Gasteiger partial charge is 0.337 e. The van der Waals surface area contributed by atoms with Gasteiger partial charge in [-0.15, -0.1) is 0 Å². The molecule has 5 atom stereocenters. The van der Waals surface area contributed by atoms with Gasteiger partial charge < -0.3 is 19.9 Å². The molecule has 168 valence electrons. The van der Waals surface area contributed by atoms with E-state index in [0.717, 1.165) is 29.3 Å². The molecule has 7 heteroatoms. The number of carboxylic acids is 1. The van der Waals surface area contributed by atoms with Gasteiger partial charge in [0.25, 0.3) is 0 Å². The Morgan fingerprint density at radius 2 is 2.12 bits per heavy atom. The third kappa shape index (κ3) is 3.20. The van der Waals surface area contributed by atoms with Crippen LogP contribution in [-0.4, -0.2) is 24.8 Å². The third-order valence-corrected chi connectivity index (χ3v) is 7.97. The molecule has 0 radical (unpaired) electrons. The van der Waals surface area contributed by atoms with Gasteiger partial charge in [-0.05, 0) is 88.7 Å². The van der Waals surface area contributed by atoms with Crippen LogP contribution in [0.5, 0.6) is 11.5 Å². The van der Waals surface area contributed by atoms with Crippen molar-refractivity contribution in [3.63, 3.8) is 0 Å². The quantitative estimate of drug-likeness (QED) is 0.464. The summed E-state index contributed by atoms with van der Waals surface area (Å²) in [6, 6.07) is 6.44. The van der Waals surface area contributed by atoms with Crippen LogP contribution >= 0.6 is 15.9 Å². The van der Waals surface area contributed by atoms with Gasteiger partial charge in [-0.25, -0.2) is 9.18 Å². The zero-order chi connectivity index (χ0) is 22.6. The number of benzene rings is 2. The normalized spacial score (nSPS) is 27.3. The van der Waals surface area contributed by atoms with E-state index in [1.54, 1.807) is 13.2 Å². The summed E-state index contributed by atoms with van der Waals surface area (Å²) in [5.74, 6) is 0.867. The Morgan fingerprint density at radius 3 is 2.84 bits per heavy atom. The van der Waals surface area contributed by atoms with Gasteiger partial charge >= 0.3 is 5.97 Å². The van der Waals surface area contributed by atoms with Gasteiger partial charge in [0.1, 0.15) is 12.4 Å². The molecule has 0 spiro atoms. The van der Waals surface area contributed by atoms with Gasteiger partial charge in [-0.3, -0.25) is 0 Å². The molecule has 2 aromatic carbocycles. The van der Waals surface area contributed by atoms with Crippen molar-refractivity contribution in [2.24, 2.45) is 17.8 Å². The topological polar surface area (TPSA) is 67.8 Å². The van der Waals surface area contributed by atoms with Crippen LogP contribution in [0.1, 0.15) is 52.7 Å². The number of anilines is 1. The van der Waals surface area contributed by atoms with Gasteiger partial charge in [0.15, 0.2) is 11.5 Å². The summed E-state index contributed by atoms with van der Waals surface area (Å²) >= 11 is 3.61. The minimum atomic E-state index is -1.05. The highest BCUT2D eigenvalue weighted by molar-refractivity contribution is 9.10. The van der Waals surface area contributed by atoms with E-state index in [2.05, 4.69) is 27.8 Å². The monoisotopic (exact) mass is 501 g/mol. The second kappa shape index (κ2) is 8.10. The lowest BCUT2D eigenvalue weighted by atomic mass is 9.67. The van der Waals surface area contributed by atoms with E-state index in [-0.39, 0.29) is 29.3 Å². The number of hydrogen-bond acceptors (Lipinski definition) is 4. The van der Waals surface area contributed by atoms with E-state index in [1.807, 2.05) is 12.1 Å². The zero-order valence-electron chi connectivity index (χ0n) is 17.7. The van der Waals surface area contributed by atoms with E-state index < -0.39 is 5.97 Å². The number of carboxylic acid groups (broad SMARTS) is 1. The maximum atomic E-state index is 15.1. The average molecular weight is 502 g/mol. The number of aromatic carboxylic acids is 1. The minimum absolute atomic E-state index is 0.00997. The Balaban J connectivity index is 1.65. The molecule has 2 fully saturated rings. The largest absolute Gasteiger partial charge is 0.493 e. The van der Waals surface area contributed by atoms with Crippen molar-refractivity contribution < 1.29 is 23.8 Å². The van der Waals surface area contributed by atoms with Crippen molar-refractivity contribution in [2.45, 2.75) is 31.2 Å². The summed E-state index contributed by atoms with van der Waals surface area (Å²) in [5, 5.41) is 13.2. The Bertz CT molecular complexity index is 1100. The van der Waals surface area contributed by atoms with Crippen LogP contribution in [0.4, 0.5) is 10.1 Å². The number of methoxy groups -OCH3 is 1. The molecular weight excluding hydrogens is 477 g/mol. The minimum Gasteiger partial charge on any atom is -0.493 e. The summed E-state index contributed by atoms with van der Waals surface area (Å²) < 4.78 is 27.2. The van der Waals surface area contributed by atoms with Crippen LogP contribution in [0.3, 0.4) is 0 Å². The molecule has 2 bridgehead atoms. The Hall–Kier alpha value is -2.54. The molecule has 2 aromatic rings. The first-order valence-corrected chi connectivity index (χ1v) is 11.7. The van der Waals surface area contributed by atoms with Gasteiger partial charge in [-0.1, -0.05) is 12.7 Å². The highest BCUT2D eigenvalue weighted by Crippen LogP contribution is 2.64. The number of ether oxygens (including phenoxy) is 2. The predicted octanol–water partition coefficient (Wildman–Crippen LogP) is 6.16. The van der Waals surface area contributed by atoms with Crippen molar-refractivity contribution in [1.29, 1.82) is 0 Å². The highest BCUT2D eigenvalue weighted by atomic mass is 79.9. The van der Waals surface area contributed by atoms with Crippen LogP contribution in [0.25, 0.3) is 0 Å². The van der Waals surface area contributed by atoms with Crippen molar-refractivity contribution >= 4 is 27.6 Å². The van der Waals surface area contributed by atoms with Crippen LogP contribution in [0.15, 0.2) is 41.4 Å². The molecule has 0 aromatic heterocycles. The number of fused-ring (bicyclic) bond motifs is 7. The lowest BCUT2D eigenvalue weighted by Crippen LogP contribution is -2.37. The van der Waals surface area contributed by atoms with Gasteiger partial charge in [0, 0.05) is 5.56 Å². The molecule has 2 aliphatic carbocycles. The molecule has 2 N–H and O–H groups in total. The fraction of sp³-hybridized carbons (Fsp3) is 0.400. The lowest BCUT2D eigenvalue weighted by Gasteiger charge is -2.44. The number of carbonyl (C=O) groups is 1. The van der Waals surface area contributed by atoms with E-state index in [9.17, 15) is 9.90 Å². The van der Waals surface area contributed by atoms with Crippen molar-refractivity contribution in [1.82, 2.24) is 0 Å². The SMILES string of the molecule is C=CCOc1c(Br)cc([C@@H]2Nc3c(C(=O)O)ccc(F)c3[C@@H]3[C@H]4CC[C@H](C4)[C@@H]32)cc1OC. The van der Waals surface area contributed by atoms with Gasteiger partial charge in [0.05, 0.1) is 28.9 Å². The third-order valence-electron chi connectivity index (χ3n) is 7.38. The number of nitrogens with one attached hydrogen (secondary N) is 1. The molecule has 2 saturated carbocycles. The molecule has 1 heterocycles. The lowest BCUT2D eigenvalue weighted by molar-refractivity contribution is 0.0697. The predicted molar refractivity (Wildman–Crippen MR) is 123 cm³/mol. The summed E-state index contributed by atoms with van der Waals surface area (Å²) in [6.07, 6.45) is 4.91. The fourth-order valence-electron chi connectivity index (χ4n) is 6.26. The van der Waals surface area contributed by atoms with Gasteiger partial charge in [-0.2, -0.15) is 0 Å². The maximum Gasteiger partial charge on any atom is 0.337 e. The Labute approximate surface area is 194 Å². The first-order valence-electron chi connectivity index (χ1n) is 10.9. The standard InChI is InChI=1S/C25H25BrFNO4/c1-3-8-32-24-16(26)10-14(11-18(24)31-2)22-20-13-5-4-12(9-13)19(20)21-17(27)7-6-15(25(29)30)23(21)28-22/h3,6-7,10-13,19-20,22,28H,1,4-5,8-9H2,2H3,(H,29,30)/t12-,13+,19+,20-,22-/m0/s1. The molecule has 5 rings (SSSR count). The second-order valence-electron chi connectivity index (χ2n) is 8.88. The van der Waals surface area contributed by atoms with Crippen LogP contribution in [0.2, 0.25) is 0 Å². The Morgan fingerprint density at radius 1 is 1.34 bits per heavy atom. The fourth-order valence-corrected chi connectivity index (χ4v) is 6.83. The van der Waals surface area contributed by atoms with E-state index in [0.29, 0.717) is 41.2 Å².